The molecule has 1 fully saturated rings. The molecule has 1 aliphatic rings. The van der Waals surface area contributed by atoms with Gasteiger partial charge in [-0.3, -0.25) is 4.79 Å². The van der Waals surface area contributed by atoms with E-state index in [-0.39, 0.29) is 11.8 Å². The zero-order chi connectivity index (χ0) is 14.8. The van der Waals surface area contributed by atoms with Gasteiger partial charge in [0.15, 0.2) is 0 Å². The van der Waals surface area contributed by atoms with Crippen molar-refractivity contribution < 1.29 is 9.90 Å². The van der Waals surface area contributed by atoms with Gasteiger partial charge in [-0.2, -0.15) is 0 Å². The average Bonchev–Trinajstić information content (AvgIpc) is 2.75. The number of carboxylic acids is 1. The van der Waals surface area contributed by atoms with E-state index in [1.165, 1.54) is 0 Å². The summed E-state index contributed by atoms with van der Waals surface area (Å²) < 4.78 is 0. The van der Waals surface area contributed by atoms with Crippen LogP contribution in [0.2, 0.25) is 15.1 Å². The fourth-order valence-corrected chi connectivity index (χ4v) is 4.17. The van der Waals surface area contributed by atoms with Crippen LogP contribution in [0.25, 0.3) is 0 Å². The lowest BCUT2D eigenvalue weighted by Gasteiger charge is -2.27. The lowest BCUT2D eigenvalue weighted by Crippen LogP contribution is -2.22. The van der Waals surface area contributed by atoms with Gasteiger partial charge in [0.2, 0.25) is 0 Å². The second-order valence-corrected chi connectivity index (χ2v) is 6.88. The number of hydrogen-bond donors (Lipinski definition) is 1. The smallest absolute Gasteiger partial charge is 0.303 e. The molecular weight excluding hydrogens is 319 g/mol. The molecule has 1 aromatic rings. The van der Waals surface area contributed by atoms with E-state index in [0.29, 0.717) is 21.5 Å². The quantitative estimate of drug-likeness (QED) is 0.759. The van der Waals surface area contributed by atoms with E-state index in [1.54, 1.807) is 12.1 Å². The van der Waals surface area contributed by atoms with Crippen LogP contribution in [0.5, 0.6) is 0 Å². The van der Waals surface area contributed by atoms with Gasteiger partial charge in [-0.15, -0.1) is 0 Å². The molecule has 0 bridgehead atoms. The van der Waals surface area contributed by atoms with Crippen molar-refractivity contribution in [2.24, 2.45) is 5.41 Å². The predicted octanol–water partition coefficient (Wildman–Crippen LogP) is 5.61. The first-order chi connectivity index (χ1) is 9.42. The zero-order valence-electron chi connectivity index (χ0n) is 11.1. The molecule has 0 saturated heterocycles. The Kier molecular flexibility index (Phi) is 5.22. The lowest BCUT2D eigenvalue weighted by atomic mass is 9.77. The van der Waals surface area contributed by atoms with Crippen molar-refractivity contribution in [3.05, 3.63) is 32.8 Å². The number of halogens is 3. The highest BCUT2D eigenvalue weighted by atomic mass is 35.5. The molecule has 0 radical (unpaired) electrons. The van der Waals surface area contributed by atoms with Crippen LogP contribution in [0.3, 0.4) is 0 Å². The van der Waals surface area contributed by atoms with Crippen molar-refractivity contribution in [3.63, 3.8) is 0 Å². The van der Waals surface area contributed by atoms with Gasteiger partial charge in [-0.1, -0.05) is 47.6 Å². The van der Waals surface area contributed by atoms with Gasteiger partial charge in [-0.25, -0.2) is 0 Å². The van der Waals surface area contributed by atoms with E-state index in [0.717, 1.165) is 37.7 Å². The van der Waals surface area contributed by atoms with Gasteiger partial charge >= 0.3 is 5.97 Å². The van der Waals surface area contributed by atoms with Crippen LogP contribution in [0.15, 0.2) is 12.1 Å². The van der Waals surface area contributed by atoms with E-state index < -0.39 is 5.97 Å². The van der Waals surface area contributed by atoms with E-state index >= 15 is 0 Å². The first-order valence-electron chi connectivity index (χ1n) is 6.77. The first-order valence-corrected chi connectivity index (χ1v) is 7.90. The summed E-state index contributed by atoms with van der Waals surface area (Å²) in [7, 11) is 0. The molecule has 0 atom stereocenters. The van der Waals surface area contributed by atoms with Crippen LogP contribution < -0.4 is 0 Å². The minimum atomic E-state index is -0.722. The van der Waals surface area contributed by atoms with Crippen LogP contribution in [0, 0.1) is 5.41 Å². The van der Waals surface area contributed by atoms with Gasteiger partial charge in [0.25, 0.3) is 0 Å². The molecule has 1 saturated carbocycles. The molecular formula is C15H17Cl3O2. The minimum absolute atomic E-state index is 0.0991. The summed E-state index contributed by atoms with van der Waals surface area (Å²) in [6.45, 7) is 0. The Bertz CT molecular complexity index is 485. The van der Waals surface area contributed by atoms with Crippen molar-refractivity contribution in [3.8, 4) is 0 Å². The van der Waals surface area contributed by atoms with Crippen molar-refractivity contribution in [1.29, 1.82) is 0 Å². The second-order valence-electron chi connectivity index (χ2n) is 5.63. The van der Waals surface area contributed by atoms with Crippen molar-refractivity contribution in [2.75, 3.05) is 0 Å². The third-order valence-corrected chi connectivity index (χ3v) is 5.09. The fourth-order valence-electron chi connectivity index (χ4n) is 3.16. The van der Waals surface area contributed by atoms with Gasteiger partial charge in [0.05, 0.1) is 6.42 Å². The molecule has 1 aromatic carbocycles. The molecule has 0 spiro atoms. The van der Waals surface area contributed by atoms with E-state index in [4.69, 9.17) is 39.9 Å². The Labute approximate surface area is 134 Å². The minimum Gasteiger partial charge on any atom is -0.481 e. The Morgan fingerprint density at radius 1 is 1.15 bits per heavy atom. The summed E-state index contributed by atoms with van der Waals surface area (Å²) in [6, 6.07) is 3.37. The lowest BCUT2D eigenvalue weighted by molar-refractivity contribution is -0.139. The molecule has 110 valence electrons. The molecule has 2 nitrogen and oxygen atoms in total. The number of rotatable bonds is 5. The predicted molar refractivity (Wildman–Crippen MR) is 82.9 cm³/mol. The van der Waals surface area contributed by atoms with Crippen LogP contribution in [-0.2, 0) is 11.2 Å². The normalized spacial score (nSPS) is 17.4. The molecule has 0 unspecified atom stereocenters. The van der Waals surface area contributed by atoms with Gasteiger partial charge < -0.3 is 5.11 Å². The highest BCUT2D eigenvalue weighted by molar-refractivity contribution is 6.39. The average molecular weight is 336 g/mol. The number of hydrogen-bond acceptors (Lipinski definition) is 1. The van der Waals surface area contributed by atoms with E-state index in [2.05, 4.69) is 0 Å². The summed E-state index contributed by atoms with van der Waals surface area (Å²) in [6.07, 6.45) is 5.90. The van der Waals surface area contributed by atoms with Gasteiger partial charge in [0, 0.05) is 15.1 Å². The molecule has 0 aliphatic heterocycles. The van der Waals surface area contributed by atoms with Crippen LogP contribution >= 0.6 is 34.8 Å². The highest BCUT2D eigenvalue weighted by Gasteiger charge is 2.35. The van der Waals surface area contributed by atoms with Gasteiger partial charge in [0.1, 0.15) is 0 Å². The Morgan fingerprint density at radius 3 is 2.20 bits per heavy atom. The molecule has 0 amide bonds. The molecule has 1 aliphatic carbocycles. The molecule has 2 rings (SSSR count). The third kappa shape index (κ3) is 3.81. The van der Waals surface area contributed by atoms with Crippen molar-refractivity contribution >= 4 is 40.8 Å². The maximum atomic E-state index is 11.1. The summed E-state index contributed by atoms with van der Waals surface area (Å²) in [5.74, 6) is -0.722. The van der Waals surface area contributed by atoms with E-state index in [1.807, 2.05) is 0 Å². The Balaban J connectivity index is 2.12. The highest BCUT2D eigenvalue weighted by Crippen LogP contribution is 2.45. The summed E-state index contributed by atoms with van der Waals surface area (Å²) >= 11 is 18.3. The van der Waals surface area contributed by atoms with Gasteiger partial charge in [-0.05, 0) is 48.8 Å². The molecule has 5 heteroatoms. The molecule has 0 heterocycles. The summed E-state index contributed by atoms with van der Waals surface area (Å²) in [5, 5.41) is 10.8. The number of benzene rings is 1. The zero-order valence-corrected chi connectivity index (χ0v) is 13.4. The molecule has 0 aromatic heterocycles. The first kappa shape index (κ1) is 15.9. The SMILES string of the molecule is O=C(O)CC1(CCc2c(Cl)cc(Cl)cc2Cl)CCCC1. The van der Waals surface area contributed by atoms with Crippen LogP contribution in [0.1, 0.15) is 44.1 Å². The van der Waals surface area contributed by atoms with Crippen LogP contribution in [0.4, 0.5) is 0 Å². The Morgan fingerprint density at radius 2 is 1.70 bits per heavy atom. The number of carbonyl (C=O) groups is 1. The van der Waals surface area contributed by atoms with Crippen molar-refractivity contribution in [1.82, 2.24) is 0 Å². The number of aliphatic carboxylic acids is 1. The standard InChI is InChI=1S/C15H17Cl3O2/c16-10-7-12(17)11(13(18)8-10)3-6-15(9-14(19)20)4-1-2-5-15/h7-8H,1-6,9H2,(H,19,20). The largest absolute Gasteiger partial charge is 0.481 e. The molecule has 20 heavy (non-hydrogen) atoms. The van der Waals surface area contributed by atoms with E-state index in [9.17, 15) is 4.79 Å². The van der Waals surface area contributed by atoms with Crippen molar-refractivity contribution in [2.45, 2.75) is 44.9 Å². The second kappa shape index (κ2) is 6.55. The fraction of sp³-hybridized carbons (Fsp3) is 0.533. The topological polar surface area (TPSA) is 37.3 Å². The monoisotopic (exact) mass is 334 g/mol. The Hall–Kier alpha value is -0.440. The summed E-state index contributed by atoms with van der Waals surface area (Å²) in [5.41, 5.74) is 0.771. The maximum Gasteiger partial charge on any atom is 0.303 e. The summed E-state index contributed by atoms with van der Waals surface area (Å²) in [4.78, 5) is 11.1. The maximum absolute atomic E-state index is 11.1. The number of carboxylic acid groups (broad SMARTS) is 1. The third-order valence-electron chi connectivity index (χ3n) is 4.20. The molecule has 1 N–H and O–H groups in total. The van der Waals surface area contributed by atoms with Crippen LogP contribution in [-0.4, -0.2) is 11.1 Å².